The van der Waals surface area contributed by atoms with E-state index in [2.05, 4.69) is 4.72 Å². The van der Waals surface area contributed by atoms with Crippen molar-refractivity contribution >= 4 is 33.3 Å². The summed E-state index contributed by atoms with van der Waals surface area (Å²) in [7, 11) is -4.24. The molecule has 9 heteroatoms. The normalized spacial score (nSPS) is 11.2. The van der Waals surface area contributed by atoms with Crippen LogP contribution in [0.1, 0.15) is 10.4 Å². The Hall–Kier alpha value is -2.19. The van der Waals surface area contributed by atoms with Crippen molar-refractivity contribution in [3.63, 3.8) is 0 Å². The lowest BCUT2D eigenvalue weighted by atomic mass is 10.2. The SMILES string of the molecule is O=C([O-])c1cc(S(=O)(=O)Nc2ccc(F)cc2Cl)ccc1F. The van der Waals surface area contributed by atoms with E-state index in [1.807, 2.05) is 0 Å². The number of anilines is 1. The first-order valence-electron chi connectivity index (χ1n) is 5.69. The Morgan fingerprint density at radius 3 is 2.41 bits per heavy atom. The van der Waals surface area contributed by atoms with Crippen LogP contribution in [0.4, 0.5) is 14.5 Å². The van der Waals surface area contributed by atoms with E-state index >= 15 is 0 Å². The predicted octanol–water partition coefficient (Wildman–Crippen LogP) is 1.78. The third-order valence-electron chi connectivity index (χ3n) is 2.64. The summed E-state index contributed by atoms with van der Waals surface area (Å²) >= 11 is 5.70. The zero-order valence-electron chi connectivity index (χ0n) is 10.6. The van der Waals surface area contributed by atoms with Crippen molar-refractivity contribution in [3.05, 3.63) is 58.6 Å². The summed E-state index contributed by atoms with van der Waals surface area (Å²) in [5.41, 5.74) is -1.00. The Kier molecular flexibility index (Phi) is 4.34. The number of carboxylic acids is 1. The van der Waals surface area contributed by atoms with Gasteiger partial charge in [0.1, 0.15) is 11.6 Å². The molecular formula is C13H7ClF2NO4S-. The minimum absolute atomic E-state index is 0.109. The summed E-state index contributed by atoms with van der Waals surface area (Å²) in [6.45, 7) is 0. The van der Waals surface area contributed by atoms with Crippen molar-refractivity contribution in [1.82, 2.24) is 0 Å². The first kappa shape index (κ1) is 16.2. The monoisotopic (exact) mass is 346 g/mol. The average Bonchev–Trinajstić information content (AvgIpc) is 2.42. The molecule has 0 saturated heterocycles. The summed E-state index contributed by atoms with van der Waals surface area (Å²) in [5.74, 6) is -3.64. The Morgan fingerprint density at radius 2 is 1.82 bits per heavy atom. The molecule has 1 N–H and O–H groups in total. The van der Waals surface area contributed by atoms with Crippen molar-refractivity contribution in [3.8, 4) is 0 Å². The van der Waals surface area contributed by atoms with Crippen LogP contribution in [-0.4, -0.2) is 14.4 Å². The van der Waals surface area contributed by atoms with Gasteiger partial charge in [0.25, 0.3) is 10.0 Å². The van der Waals surface area contributed by atoms with Crippen molar-refractivity contribution in [2.24, 2.45) is 0 Å². The fraction of sp³-hybridized carbons (Fsp3) is 0. The van der Waals surface area contributed by atoms with Gasteiger partial charge in [-0.3, -0.25) is 4.72 Å². The Morgan fingerprint density at radius 1 is 1.14 bits per heavy atom. The quantitative estimate of drug-likeness (QED) is 0.914. The molecule has 0 aliphatic carbocycles. The molecule has 0 radical (unpaired) electrons. The van der Waals surface area contributed by atoms with Gasteiger partial charge in [-0.15, -0.1) is 0 Å². The second kappa shape index (κ2) is 5.90. The molecule has 2 aromatic rings. The van der Waals surface area contributed by atoms with Crippen LogP contribution in [0, 0.1) is 11.6 Å². The average molecular weight is 347 g/mol. The van der Waals surface area contributed by atoms with E-state index in [0.29, 0.717) is 12.1 Å². The summed E-state index contributed by atoms with van der Waals surface area (Å²) in [4.78, 5) is 10.2. The van der Waals surface area contributed by atoms with E-state index in [4.69, 9.17) is 11.6 Å². The van der Waals surface area contributed by atoms with E-state index in [0.717, 1.165) is 24.3 Å². The molecule has 0 atom stereocenters. The fourth-order valence-corrected chi connectivity index (χ4v) is 2.98. The van der Waals surface area contributed by atoms with Gasteiger partial charge in [0.05, 0.1) is 21.6 Å². The van der Waals surface area contributed by atoms with E-state index in [-0.39, 0.29) is 10.7 Å². The molecule has 0 aliphatic heterocycles. The zero-order valence-corrected chi connectivity index (χ0v) is 12.2. The van der Waals surface area contributed by atoms with E-state index < -0.39 is 38.1 Å². The molecule has 22 heavy (non-hydrogen) atoms. The van der Waals surface area contributed by atoms with Gasteiger partial charge in [0.2, 0.25) is 0 Å². The highest BCUT2D eigenvalue weighted by Crippen LogP contribution is 2.25. The van der Waals surface area contributed by atoms with Crippen LogP contribution in [0.25, 0.3) is 0 Å². The van der Waals surface area contributed by atoms with Crippen molar-refractivity contribution in [1.29, 1.82) is 0 Å². The molecule has 0 fully saturated rings. The number of nitrogens with one attached hydrogen (secondary N) is 1. The molecule has 0 aliphatic rings. The van der Waals surface area contributed by atoms with Gasteiger partial charge in [0.15, 0.2) is 0 Å². The van der Waals surface area contributed by atoms with E-state index in [1.54, 1.807) is 0 Å². The van der Waals surface area contributed by atoms with E-state index in [9.17, 15) is 27.1 Å². The topological polar surface area (TPSA) is 86.3 Å². The third kappa shape index (κ3) is 3.34. The van der Waals surface area contributed by atoms with Crippen molar-refractivity contribution in [2.45, 2.75) is 4.90 Å². The number of carbonyl (C=O) groups excluding carboxylic acids is 1. The Labute approximate surface area is 129 Å². The van der Waals surface area contributed by atoms with Crippen LogP contribution in [0.15, 0.2) is 41.3 Å². The highest BCUT2D eigenvalue weighted by atomic mass is 35.5. The highest BCUT2D eigenvalue weighted by Gasteiger charge is 2.18. The molecule has 0 unspecified atom stereocenters. The molecule has 0 heterocycles. The van der Waals surface area contributed by atoms with Crippen LogP contribution in [0.5, 0.6) is 0 Å². The molecule has 0 spiro atoms. The van der Waals surface area contributed by atoms with E-state index in [1.165, 1.54) is 0 Å². The minimum Gasteiger partial charge on any atom is -0.545 e. The lowest BCUT2D eigenvalue weighted by Crippen LogP contribution is -2.24. The maximum Gasteiger partial charge on any atom is 0.261 e. The number of carboxylic acid groups (broad SMARTS) is 1. The molecule has 0 saturated carbocycles. The van der Waals surface area contributed by atoms with Gasteiger partial charge < -0.3 is 9.90 Å². The largest absolute Gasteiger partial charge is 0.545 e. The fourth-order valence-electron chi connectivity index (χ4n) is 1.60. The lowest BCUT2D eigenvalue weighted by Gasteiger charge is -2.11. The van der Waals surface area contributed by atoms with Crippen LogP contribution >= 0.6 is 11.6 Å². The molecule has 0 aromatic heterocycles. The second-order valence-corrected chi connectivity index (χ2v) is 6.25. The number of hydrogen-bond donors (Lipinski definition) is 1. The second-order valence-electron chi connectivity index (χ2n) is 4.16. The maximum absolute atomic E-state index is 13.2. The third-order valence-corrected chi connectivity index (χ3v) is 4.32. The van der Waals surface area contributed by atoms with Crippen molar-refractivity contribution in [2.75, 3.05) is 4.72 Å². The minimum atomic E-state index is -4.24. The van der Waals surface area contributed by atoms with Crippen LogP contribution in [0.3, 0.4) is 0 Å². The number of aromatic carboxylic acids is 1. The lowest BCUT2D eigenvalue weighted by molar-refractivity contribution is -0.255. The van der Waals surface area contributed by atoms with Gasteiger partial charge in [-0.05, 0) is 36.4 Å². The molecule has 2 rings (SSSR count). The first-order valence-corrected chi connectivity index (χ1v) is 7.55. The molecule has 2 aromatic carbocycles. The number of hydrogen-bond acceptors (Lipinski definition) is 4. The summed E-state index contributed by atoms with van der Waals surface area (Å²) < 4.78 is 52.5. The van der Waals surface area contributed by atoms with Gasteiger partial charge >= 0.3 is 0 Å². The summed E-state index contributed by atoms with van der Waals surface area (Å²) in [5, 5.41) is 10.5. The summed E-state index contributed by atoms with van der Waals surface area (Å²) in [6, 6.07) is 5.16. The number of rotatable bonds is 4. The maximum atomic E-state index is 13.2. The number of halogens is 3. The van der Waals surface area contributed by atoms with Crippen molar-refractivity contribution < 1.29 is 27.1 Å². The molecule has 116 valence electrons. The Bertz CT molecular complexity index is 855. The van der Waals surface area contributed by atoms with Crippen LogP contribution in [0.2, 0.25) is 5.02 Å². The zero-order chi connectivity index (χ0) is 16.5. The van der Waals surface area contributed by atoms with Crippen LogP contribution in [-0.2, 0) is 10.0 Å². The van der Waals surface area contributed by atoms with Gasteiger partial charge in [-0.1, -0.05) is 11.6 Å². The highest BCUT2D eigenvalue weighted by molar-refractivity contribution is 7.92. The van der Waals surface area contributed by atoms with Crippen LogP contribution < -0.4 is 9.83 Å². The van der Waals surface area contributed by atoms with Gasteiger partial charge in [-0.25, -0.2) is 17.2 Å². The number of carbonyl (C=O) groups is 1. The molecule has 5 nitrogen and oxygen atoms in total. The molecular weight excluding hydrogens is 340 g/mol. The smallest absolute Gasteiger partial charge is 0.261 e. The number of sulfonamides is 1. The first-order chi connectivity index (χ1) is 10.2. The Balaban J connectivity index is 2.42. The number of benzene rings is 2. The van der Waals surface area contributed by atoms with Gasteiger partial charge in [0, 0.05) is 5.56 Å². The standard InChI is InChI=1S/C13H8ClF2NO4S/c14-10-5-7(15)1-4-12(10)17-22(20,21)8-2-3-11(16)9(6-8)13(18)19/h1-6,17H,(H,18,19)/p-1. The summed E-state index contributed by atoms with van der Waals surface area (Å²) in [6.07, 6.45) is 0. The predicted molar refractivity (Wildman–Crippen MR) is 72.9 cm³/mol. The molecule has 0 amide bonds. The van der Waals surface area contributed by atoms with Gasteiger partial charge in [-0.2, -0.15) is 0 Å². The molecule has 0 bridgehead atoms.